The van der Waals surface area contributed by atoms with Crippen molar-refractivity contribution < 1.29 is 4.39 Å². The van der Waals surface area contributed by atoms with E-state index >= 15 is 0 Å². The molecule has 0 aliphatic heterocycles. The first-order valence-corrected chi connectivity index (χ1v) is 6.62. The maximum Gasteiger partial charge on any atom is 0.140 e. The molecule has 0 aliphatic rings. The van der Waals surface area contributed by atoms with Crippen molar-refractivity contribution in [3.8, 4) is 11.3 Å². The second-order valence-electron chi connectivity index (χ2n) is 4.05. The smallest absolute Gasteiger partial charge is 0.140 e. The molecule has 3 nitrogen and oxygen atoms in total. The van der Waals surface area contributed by atoms with Crippen LogP contribution in [-0.4, -0.2) is 9.38 Å². The van der Waals surface area contributed by atoms with Crippen molar-refractivity contribution in [3.63, 3.8) is 0 Å². The minimum Gasteiger partial charge on any atom is -0.383 e. The molecule has 0 spiro atoms. The van der Waals surface area contributed by atoms with Crippen LogP contribution >= 0.6 is 27.5 Å². The Morgan fingerprint density at radius 1 is 1.26 bits per heavy atom. The topological polar surface area (TPSA) is 43.3 Å². The predicted molar refractivity (Wildman–Crippen MR) is 77.7 cm³/mol. The summed E-state index contributed by atoms with van der Waals surface area (Å²) in [6.07, 6.45) is 1.31. The van der Waals surface area contributed by atoms with Crippen LogP contribution in [0.25, 0.3) is 16.9 Å². The van der Waals surface area contributed by atoms with Crippen LogP contribution in [0.15, 0.2) is 41.0 Å². The van der Waals surface area contributed by atoms with Crippen molar-refractivity contribution >= 4 is 39.0 Å². The van der Waals surface area contributed by atoms with Crippen LogP contribution in [0.5, 0.6) is 0 Å². The van der Waals surface area contributed by atoms with Crippen molar-refractivity contribution in [2.45, 2.75) is 0 Å². The molecule has 96 valence electrons. The molecular formula is C13H8BrClFN3. The summed E-state index contributed by atoms with van der Waals surface area (Å²) >= 11 is 9.38. The summed E-state index contributed by atoms with van der Waals surface area (Å²) in [5, 5.41) is 0.570. The second-order valence-corrected chi connectivity index (χ2v) is 5.31. The van der Waals surface area contributed by atoms with E-state index in [0.717, 1.165) is 10.0 Å². The lowest BCUT2D eigenvalue weighted by molar-refractivity contribution is 0.619. The van der Waals surface area contributed by atoms with E-state index in [-0.39, 0.29) is 5.82 Å². The first kappa shape index (κ1) is 12.4. The Kier molecular flexibility index (Phi) is 2.95. The Hall–Kier alpha value is -1.59. The fraction of sp³-hybridized carbons (Fsp3) is 0. The van der Waals surface area contributed by atoms with E-state index in [0.29, 0.717) is 22.2 Å². The van der Waals surface area contributed by atoms with Crippen molar-refractivity contribution in [3.05, 3.63) is 51.8 Å². The van der Waals surface area contributed by atoms with E-state index in [9.17, 15) is 4.39 Å². The second kappa shape index (κ2) is 4.51. The summed E-state index contributed by atoms with van der Waals surface area (Å²) < 4.78 is 15.5. The molecule has 3 aromatic rings. The third-order valence-corrected chi connectivity index (χ3v) is 4.04. The number of halogens is 3. The van der Waals surface area contributed by atoms with Gasteiger partial charge in [-0.15, -0.1) is 0 Å². The highest BCUT2D eigenvalue weighted by Gasteiger charge is 2.12. The quantitative estimate of drug-likeness (QED) is 0.723. The molecule has 0 amide bonds. The SMILES string of the molecule is Nc1c(-c2ccc(Br)c(Cl)c2)nc2ccc(F)cn12. The van der Waals surface area contributed by atoms with Crippen LogP contribution in [0.4, 0.5) is 10.2 Å². The zero-order valence-electron chi connectivity index (χ0n) is 9.57. The number of fused-ring (bicyclic) bond motifs is 1. The van der Waals surface area contributed by atoms with Crippen LogP contribution in [0.3, 0.4) is 0 Å². The molecular weight excluding hydrogens is 333 g/mol. The Morgan fingerprint density at radius 3 is 2.79 bits per heavy atom. The molecule has 0 fully saturated rings. The largest absolute Gasteiger partial charge is 0.383 e. The van der Waals surface area contributed by atoms with Gasteiger partial charge in [-0.3, -0.25) is 4.40 Å². The van der Waals surface area contributed by atoms with Crippen molar-refractivity contribution in [1.82, 2.24) is 9.38 Å². The van der Waals surface area contributed by atoms with E-state index in [4.69, 9.17) is 17.3 Å². The Balaban J connectivity index is 2.24. The fourth-order valence-corrected chi connectivity index (χ4v) is 2.32. The lowest BCUT2D eigenvalue weighted by atomic mass is 10.1. The molecule has 0 bridgehead atoms. The lowest BCUT2D eigenvalue weighted by Crippen LogP contribution is -1.94. The number of hydrogen-bond acceptors (Lipinski definition) is 2. The fourth-order valence-electron chi connectivity index (χ4n) is 1.89. The molecule has 2 N–H and O–H groups in total. The van der Waals surface area contributed by atoms with Gasteiger partial charge in [0.15, 0.2) is 0 Å². The van der Waals surface area contributed by atoms with E-state index in [2.05, 4.69) is 20.9 Å². The average Bonchev–Trinajstić information content (AvgIpc) is 2.70. The van der Waals surface area contributed by atoms with Gasteiger partial charge >= 0.3 is 0 Å². The third kappa shape index (κ3) is 2.09. The van der Waals surface area contributed by atoms with Crippen molar-refractivity contribution in [1.29, 1.82) is 0 Å². The highest BCUT2D eigenvalue weighted by Crippen LogP contribution is 2.31. The normalized spacial score (nSPS) is 11.1. The number of pyridine rings is 1. The average molecular weight is 341 g/mol. The number of benzene rings is 1. The first-order chi connectivity index (χ1) is 9.06. The zero-order chi connectivity index (χ0) is 13.6. The summed E-state index contributed by atoms with van der Waals surface area (Å²) in [6.45, 7) is 0. The molecule has 3 rings (SSSR count). The Morgan fingerprint density at radius 2 is 2.05 bits per heavy atom. The van der Waals surface area contributed by atoms with Gasteiger partial charge in [0.2, 0.25) is 0 Å². The van der Waals surface area contributed by atoms with Gasteiger partial charge in [-0.1, -0.05) is 17.7 Å². The predicted octanol–water partition coefficient (Wildman–Crippen LogP) is 4.14. The number of anilines is 1. The molecule has 6 heteroatoms. The van der Waals surface area contributed by atoms with Crippen LogP contribution < -0.4 is 5.73 Å². The monoisotopic (exact) mass is 339 g/mol. The van der Waals surface area contributed by atoms with Crippen molar-refractivity contribution in [2.75, 3.05) is 5.73 Å². The van der Waals surface area contributed by atoms with Gasteiger partial charge in [0, 0.05) is 16.2 Å². The van der Waals surface area contributed by atoms with Crippen LogP contribution in [0.1, 0.15) is 0 Å². The van der Waals surface area contributed by atoms with Crippen LogP contribution in [0.2, 0.25) is 5.02 Å². The number of imidazole rings is 1. The van der Waals surface area contributed by atoms with Gasteiger partial charge < -0.3 is 5.73 Å². The van der Waals surface area contributed by atoms with Crippen LogP contribution in [0, 0.1) is 5.82 Å². The first-order valence-electron chi connectivity index (χ1n) is 5.45. The molecule has 2 heterocycles. The molecule has 0 atom stereocenters. The molecule has 19 heavy (non-hydrogen) atoms. The maximum atomic E-state index is 13.2. The highest BCUT2D eigenvalue weighted by atomic mass is 79.9. The minimum absolute atomic E-state index is 0.364. The van der Waals surface area contributed by atoms with E-state index < -0.39 is 0 Å². The molecule has 1 aromatic carbocycles. The Labute approximate surface area is 122 Å². The molecule has 0 saturated carbocycles. The molecule has 0 radical (unpaired) electrons. The standard InChI is InChI=1S/C13H8BrClFN3/c14-9-3-1-7(5-10(9)15)12-13(17)19-6-8(16)2-4-11(19)18-12/h1-6H,17H2. The van der Waals surface area contributed by atoms with E-state index in [1.807, 2.05) is 12.1 Å². The van der Waals surface area contributed by atoms with E-state index in [1.165, 1.54) is 16.7 Å². The molecule has 2 aromatic heterocycles. The number of nitrogen functional groups attached to an aromatic ring is 1. The summed E-state index contributed by atoms with van der Waals surface area (Å²) in [6, 6.07) is 8.36. The summed E-state index contributed by atoms with van der Waals surface area (Å²) in [5.41, 5.74) is 7.97. The number of nitrogens with zero attached hydrogens (tertiary/aromatic N) is 2. The van der Waals surface area contributed by atoms with Gasteiger partial charge in [0.25, 0.3) is 0 Å². The number of nitrogens with two attached hydrogens (primary N) is 1. The van der Waals surface area contributed by atoms with Gasteiger partial charge in [0.05, 0.1) is 5.02 Å². The number of hydrogen-bond donors (Lipinski definition) is 1. The van der Waals surface area contributed by atoms with Gasteiger partial charge in [-0.05, 0) is 40.2 Å². The van der Waals surface area contributed by atoms with E-state index in [1.54, 1.807) is 12.1 Å². The zero-order valence-corrected chi connectivity index (χ0v) is 11.9. The van der Waals surface area contributed by atoms with Crippen LogP contribution in [-0.2, 0) is 0 Å². The summed E-state index contributed by atoms with van der Waals surface area (Å²) in [5.74, 6) is 0.0184. The number of rotatable bonds is 1. The van der Waals surface area contributed by atoms with Crippen molar-refractivity contribution in [2.24, 2.45) is 0 Å². The molecule has 0 aliphatic carbocycles. The summed E-state index contributed by atoms with van der Waals surface area (Å²) in [7, 11) is 0. The molecule has 0 unspecified atom stereocenters. The van der Waals surface area contributed by atoms with Gasteiger partial charge in [0.1, 0.15) is 23.0 Å². The maximum absolute atomic E-state index is 13.2. The highest BCUT2D eigenvalue weighted by molar-refractivity contribution is 9.10. The third-order valence-electron chi connectivity index (χ3n) is 2.81. The van der Waals surface area contributed by atoms with Gasteiger partial charge in [-0.25, -0.2) is 9.37 Å². The van der Waals surface area contributed by atoms with Gasteiger partial charge in [-0.2, -0.15) is 0 Å². The molecule has 0 saturated heterocycles. The Bertz CT molecular complexity index is 785. The lowest BCUT2D eigenvalue weighted by Gasteiger charge is -2.01. The summed E-state index contributed by atoms with van der Waals surface area (Å²) in [4.78, 5) is 4.39. The number of aromatic nitrogens is 2. The minimum atomic E-state index is -0.364.